The Morgan fingerprint density at radius 1 is 1.12 bits per heavy atom. The second-order valence-electron chi connectivity index (χ2n) is 7.19. The van der Waals surface area contributed by atoms with Gasteiger partial charge in [-0.2, -0.15) is 0 Å². The molecule has 3 aliphatic rings. The van der Waals surface area contributed by atoms with Gasteiger partial charge in [0.15, 0.2) is 0 Å². The van der Waals surface area contributed by atoms with Crippen LogP contribution in [0.1, 0.15) is 43.7 Å². The van der Waals surface area contributed by atoms with Gasteiger partial charge in [-0.3, -0.25) is 4.79 Å². The van der Waals surface area contributed by atoms with Crippen molar-refractivity contribution in [2.75, 3.05) is 31.1 Å². The van der Waals surface area contributed by atoms with Gasteiger partial charge in [0.2, 0.25) is 5.91 Å². The Morgan fingerprint density at radius 3 is 2.58 bits per heavy atom. The number of carbonyl (C=O) groups excluding carboxylic acids is 1. The number of nitrogens with zero attached hydrogens (tertiary/aromatic N) is 4. The van der Waals surface area contributed by atoms with Crippen LogP contribution in [0.5, 0.6) is 0 Å². The monoisotopic (exact) mass is 336 g/mol. The lowest BCUT2D eigenvalue weighted by molar-refractivity contribution is -0.140. The summed E-state index contributed by atoms with van der Waals surface area (Å²) in [6.07, 6.45) is 4.31. The van der Waals surface area contributed by atoms with Crippen molar-refractivity contribution in [2.24, 2.45) is 5.92 Å². The average Bonchev–Trinajstić information content (AvgIpc) is 3.31. The third kappa shape index (κ3) is 3.21. The summed E-state index contributed by atoms with van der Waals surface area (Å²) in [5.41, 5.74) is 1.09. The smallest absolute Gasteiger partial charge is 0.251 e. The van der Waals surface area contributed by atoms with E-state index in [0.29, 0.717) is 12.5 Å². The molecule has 7 heteroatoms. The number of hydrogen-bond donors (Lipinski definition) is 0. The molecule has 2 aliphatic heterocycles. The molecule has 24 heavy (non-hydrogen) atoms. The van der Waals surface area contributed by atoms with Crippen LogP contribution in [-0.4, -0.2) is 52.9 Å². The van der Waals surface area contributed by atoms with E-state index in [1.165, 1.54) is 12.8 Å². The summed E-state index contributed by atoms with van der Waals surface area (Å²) in [6, 6.07) is 2.03. The van der Waals surface area contributed by atoms with E-state index >= 15 is 0 Å². The molecule has 1 atom stereocenters. The summed E-state index contributed by atoms with van der Waals surface area (Å²) < 4.78 is 26.5. The highest BCUT2D eigenvalue weighted by molar-refractivity contribution is 5.80. The number of likely N-dealkylation sites (tertiary alicyclic amines) is 1. The maximum absolute atomic E-state index is 13.2. The van der Waals surface area contributed by atoms with Gasteiger partial charge < -0.3 is 9.80 Å². The van der Waals surface area contributed by atoms with Crippen LogP contribution in [0.25, 0.3) is 0 Å². The van der Waals surface area contributed by atoms with E-state index in [9.17, 15) is 13.6 Å². The predicted molar refractivity (Wildman–Crippen MR) is 85.1 cm³/mol. The van der Waals surface area contributed by atoms with Crippen molar-refractivity contribution in [3.8, 4) is 0 Å². The number of rotatable bonds is 3. The molecule has 1 unspecified atom stereocenters. The summed E-state index contributed by atoms with van der Waals surface area (Å²) in [4.78, 5) is 25.0. The molecule has 0 N–H and O–H groups in total. The molecule has 3 fully saturated rings. The van der Waals surface area contributed by atoms with E-state index in [1.807, 2.05) is 6.07 Å². The second kappa shape index (κ2) is 5.93. The van der Waals surface area contributed by atoms with Crippen molar-refractivity contribution in [3.63, 3.8) is 0 Å². The Morgan fingerprint density at radius 2 is 1.88 bits per heavy atom. The van der Waals surface area contributed by atoms with Crippen LogP contribution in [0.2, 0.25) is 0 Å². The van der Waals surface area contributed by atoms with Gasteiger partial charge in [-0.1, -0.05) is 0 Å². The van der Waals surface area contributed by atoms with Crippen molar-refractivity contribution in [3.05, 3.63) is 18.1 Å². The number of halogens is 2. The normalized spacial score (nSPS) is 26.7. The summed E-state index contributed by atoms with van der Waals surface area (Å²) >= 11 is 0. The summed E-state index contributed by atoms with van der Waals surface area (Å²) in [5, 5.41) is 0. The Balaban J connectivity index is 1.37. The number of alkyl halides is 2. The summed E-state index contributed by atoms with van der Waals surface area (Å²) in [7, 11) is 0. The van der Waals surface area contributed by atoms with Gasteiger partial charge in [0.1, 0.15) is 12.1 Å². The van der Waals surface area contributed by atoms with Crippen LogP contribution < -0.4 is 4.90 Å². The van der Waals surface area contributed by atoms with Crippen LogP contribution in [0, 0.1) is 5.92 Å². The first kappa shape index (κ1) is 15.7. The van der Waals surface area contributed by atoms with Crippen molar-refractivity contribution in [2.45, 2.75) is 43.9 Å². The van der Waals surface area contributed by atoms with Gasteiger partial charge in [-0.25, -0.2) is 18.7 Å². The molecule has 1 aliphatic carbocycles. The molecule has 4 rings (SSSR count). The minimum Gasteiger partial charge on any atom is -0.356 e. The summed E-state index contributed by atoms with van der Waals surface area (Å²) in [5.74, 6) is -1.26. The third-order valence-electron chi connectivity index (χ3n) is 5.34. The molecule has 1 aromatic heterocycles. The van der Waals surface area contributed by atoms with Crippen LogP contribution in [0.4, 0.5) is 14.6 Å². The third-order valence-corrected chi connectivity index (χ3v) is 5.34. The van der Waals surface area contributed by atoms with E-state index in [2.05, 4.69) is 14.9 Å². The zero-order valence-electron chi connectivity index (χ0n) is 13.6. The predicted octanol–water partition coefficient (Wildman–Crippen LogP) is 2.44. The largest absolute Gasteiger partial charge is 0.356 e. The lowest BCUT2D eigenvalue weighted by Crippen LogP contribution is -2.45. The Bertz CT molecular complexity index is 625. The molecule has 3 heterocycles. The quantitative estimate of drug-likeness (QED) is 0.851. The zero-order chi connectivity index (χ0) is 16.7. The Kier molecular flexibility index (Phi) is 3.89. The molecule has 0 spiro atoms. The Hall–Kier alpha value is -1.79. The van der Waals surface area contributed by atoms with Gasteiger partial charge in [0, 0.05) is 56.7 Å². The molecule has 5 nitrogen and oxygen atoms in total. The molecular formula is C17H22F2N4O. The fourth-order valence-electron chi connectivity index (χ4n) is 3.62. The zero-order valence-corrected chi connectivity index (χ0v) is 13.6. The van der Waals surface area contributed by atoms with E-state index in [-0.39, 0.29) is 37.8 Å². The van der Waals surface area contributed by atoms with Gasteiger partial charge in [-0.05, 0) is 19.3 Å². The van der Waals surface area contributed by atoms with Gasteiger partial charge in [0.25, 0.3) is 5.92 Å². The van der Waals surface area contributed by atoms with Crippen LogP contribution in [0.3, 0.4) is 0 Å². The molecule has 1 saturated carbocycles. The highest BCUT2D eigenvalue weighted by Gasteiger charge is 2.39. The van der Waals surface area contributed by atoms with Gasteiger partial charge >= 0.3 is 0 Å². The fraction of sp³-hybridized carbons (Fsp3) is 0.706. The van der Waals surface area contributed by atoms with Crippen LogP contribution >= 0.6 is 0 Å². The molecule has 130 valence electrons. The SMILES string of the molecule is O=C(C1CCN(c2cc(C3CC3)ncn2)C1)N1CCC(F)(F)CC1. The highest BCUT2D eigenvalue weighted by Crippen LogP contribution is 2.39. The molecule has 1 amide bonds. The number of piperidine rings is 1. The van der Waals surface area contributed by atoms with Crippen LogP contribution in [-0.2, 0) is 4.79 Å². The molecule has 2 saturated heterocycles. The number of aromatic nitrogens is 2. The molecule has 0 aromatic carbocycles. The second-order valence-corrected chi connectivity index (χ2v) is 7.19. The first-order chi connectivity index (χ1) is 11.5. The Labute approximate surface area is 140 Å². The lowest BCUT2D eigenvalue weighted by atomic mass is 10.0. The van der Waals surface area contributed by atoms with Crippen molar-refractivity contribution >= 4 is 11.7 Å². The topological polar surface area (TPSA) is 49.3 Å². The number of carbonyl (C=O) groups is 1. The number of amides is 1. The minimum atomic E-state index is -2.61. The fourth-order valence-corrected chi connectivity index (χ4v) is 3.62. The number of hydrogen-bond acceptors (Lipinski definition) is 4. The number of anilines is 1. The minimum absolute atomic E-state index is 0.0180. The van der Waals surface area contributed by atoms with E-state index < -0.39 is 5.92 Å². The van der Waals surface area contributed by atoms with Crippen molar-refractivity contribution in [1.82, 2.24) is 14.9 Å². The van der Waals surface area contributed by atoms with E-state index in [1.54, 1.807) is 11.2 Å². The lowest BCUT2D eigenvalue weighted by Gasteiger charge is -2.33. The highest BCUT2D eigenvalue weighted by atomic mass is 19.3. The van der Waals surface area contributed by atoms with Crippen molar-refractivity contribution < 1.29 is 13.6 Å². The van der Waals surface area contributed by atoms with Crippen LogP contribution in [0.15, 0.2) is 12.4 Å². The maximum Gasteiger partial charge on any atom is 0.251 e. The average molecular weight is 336 g/mol. The van der Waals surface area contributed by atoms with Gasteiger partial charge in [0.05, 0.1) is 5.92 Å². The molecule has 0 bridgehead atoms. The first-order valence-corrected chi connectivity index (χ1v) is 8.75. The maximum atomic E-state index is 13.2. The van der Waals surface area contributed by atoms with E-state index in [4.69, 9.17) is 0 Å². The molecule has 1 aromatic rings. The van der Waals surface area contributed by atoms with E-state index in [0.717, 1.165) is 24.5 Å². The summed E-state index contributed by atoms with van der Waals surface area (Å²) in [6.45, 7) is 1.73. The van der Waals surface area contributed by atoms with Crippen molar-refractivity contribution in [1.29, 1.82) is 0 Å². The van der Waals surface area contributed by atoms with Gasteiger partial charge in [-0.15, -0.1) is 0 Å². The molecule has 0 radical (unpaired) electrons. The first-order valence-electron chi connectivity index (χ1n) is 8.75. The molecular weight excluding hydrogens is 314 g/mol. The standard InChI is InChI=1S/C17H22F2N4O/c18-17(19)4-7-22(8-5-17)16(24)13-3-6-23(10-13)15-9-14(12-1-2-12)20-11-21-15/h9,11-13H,1-8,10H2.